The van der Waals surface area contributed by atoms with Gasteiger partial charge in [0.1, 0.15) is 5.58 Å². The molecule has 3 nitrogen and oxygen atoms in total. The lowest BCUT2D eigenvalue weighted by Gasteiger charge is -2.64. The first-order valence-corrected chi connectivity index (χ1v) is 18.2. The van der Waals surface area contributed by atoms with Crippen LogP contribution in [0, 0.1) is 23.7 Å². The van der Waals surface area contributed by atoms with Gasteiger partial charge in [0.2, 0.25) is 0 Å². The highest BCUT2D eigenvalue weighted by atomic mass is 16.3. The van der Waals surface area contributed by atoms with Crippen LogP contribution in [0.5, 0.6) is 0 Å². The van der Waals surface area contributed by atoms with E-state index in [0.29, 0.717) is 0 Å². The van der Waals surface area contributed by atoms with Crippen LogP contribution in [0.4, 0.5) is 17.1 Å². The van der Waals surface area contributed by atoms with Crippen molar-refractivity contribution in [3.63, 3.8) is 0 Å². The summed E-state index contributed by atoms with van der Waals surface area (Å²) in [5.41, 5.74) is 12.5. The number of aromatic nitrogens is 1. The topological polar surface area (TPSA) is 21.3 Å². The van der Waals surface area contributed by atoms with Gasteiger partial charge in [-0.2, -0.15) is 0 Å². The van der Waals surface area contributed by atoms with Gasteiger partial charge >= 0.3 is 0 Å². The zero-order valence-corrected chi connectivity index (χ0v) is 27.3. The molecule has 4 fully saturated rings. The van der Waals surface area contributed by atoms with Gasteiger partial charge in [-0.05, 0) is 115 Å². The molecule has 3 heterocycles. The predicted molar refractivity (Wildman–Crippen MR) is 201 cm³/mol. The first-order valence-electron chi connectivity index (χ1n) is 18.2. The van der Waals surface area contributed by atoms with E-state index in [1.54, 1.807) is 11.1 Å². The van der Waals surface area contributed by atoms with E-state index in [-0.39, 0.29) is 5.41 Å². The fraction of sp³-hybridized carbons (Fsp3) is 0.217. The minimum Gasteiger partial charge on any atom is -0.454 e. The van der Waals surface area contributed by atoms with Gasteiger partial charge in [-0.3, -0.25) is 0 Å². The average Bonchev–Trinajstić information content (AvgIpc) is 3.69. The quantitative estimate of drug-likeness (QED) is 0.189. The fourth-order valence-corrected chi connectivity index (χ4v) is 11.7. The molecule has 6 aromatic carbocycles. The number of anilines is 3. The van der Waals surface area contributed by atoms with Gasteiger partial charge < -0.3 is 13.9 Å². The number of rotatable bonds is 2. The van der Waals surface area contributed by atoms with Gasteiger partial charge in [0.05, 0.1) is 28.1 Å². The molecule has 4 bridgehead atoms. The average molecular weight is 633 g/mol. The Kier molecular flexibility index (Phi) is 5.14. The van der Waals surface area contributed by atoms with Gasteiger partial charge in [0, 0.05) is 32.6 Å². The van der Waals surface area contributed by atoms with Gasteiger partial charge in [-0.1, -0.05) is 84.9 Å². The Morgan fingerprint density at radius 1 is 0.490 bits per heavy atom. The third-order valence-electron chi connectivity index (χ3n) is 13.1. The number of furan rings is 1. The van der Waals surface area contributed by atoms with Crippen molar-refractivity contribution in [1.82, 2.24) is 4.57 Å². The second kappa shape index (κ2) is 9.45. The summed E-state index contributed by atoms with van der Waals surface area (Å²) < 4.78 is 8.97. The Hall–Kier alpha value is -5.28. The second-order valence-electron chi connectivity index (χ2n) is 15.3. The fourth-order valence-electron chi connectivity index (χ4n) is 11.7. The molecule has 0 unspecified atom stereocenters. The van der Waals surface area contributed by atoms with E-state index >= 15 is 0 Å². The zero-order chi connectivity index (χ0) is 31.8. The van der Waals surface area contributed by atoms with Crippen molar-refractivity contribution < 1.29 is 4.42 Å². The number of para-hydroxylation sites is 5. The van der Waals surface area contributed by atoms with E-state index in [9.17, 15) is 0 Å². The number of nitrogens with zero attached hydrogens (tertiary/aromatic N) is 2. The van der Waals surface area contributed by atoms with Crippen LogP contribution < -0.4 is 4.90 Å². The van der Waals surface area contributed by atoms with Crippen molar-refractivity contribution in [2.75, 3.05) is 4.90 Å². The first kappa shape index (κ1) is 26.6. The molecule has 3 heteroatoms. The summed E-state index contributed by atoms with van der Waals surface area (Å²) in [7, 11) is 0. The minimum absolute atomic E-state index is 0.114. The molecular weight excluding hydrogens is 597 g/mol. The molecule has 13 rings (SSSR count). The number of fused-ring (bicyclic) bond motifs is 8. The maximum Gasteiger partial charge on any atom is 0.159 e. The van der Waals surface area contributed by atoms with E-state index in [1.165, 1.54) is 71.0 Å². The van der Waals surface area contributed by atoms with Crippen LogP contribution in [-0.4, -0.2) is 4.57 Å². The minimum atomic E-state index is 0.114. The molecule has 2 aromatic heterocycles. The summed E-state index contributed by atoms with van der Waals surface area (Å²) >= 11 is 0. The van der Waals surface area contributed by atoms with Crippen molar-refractivity contribution in [3.8, 4) is 5.69 Å². The zero-order valence-electron chi connectivity index (χ0n) is 27.3. The standard InChI is InChI=1S/C46H36N2O/c1-5-15-39-33(10-1)36-27-32(20-21-40(36)48(39)43-18-9-12-35-34-11-2-8-19-44(34)49-45(35)43)47-41-16-6-3-13-37(41)46(38-14-4-7-17-42(38)47)30-23-28-22-29(25-30)26-31(46)24-28/h1-21,27-31H,22-26H2/t28-,29?,30-,31?/m0/s1. The number of hydrogen-bond acceptors (Lipinski definition) is 2. The molecule has 4 aliphatic carbocycles. The molecule has 5 aliphatic rings. The molecule has 0 amide bonds. The molecule has 1 aliphatic heterocycles. The van der Waals surface area contributed by atoms with E-state index in [1.807, 2.05) is 6.07 Å². The van der Waals surface area contributed by atoms with Gasteiger partial charge in [-0.25, -0.2) is 0 Å². The predicted octanol–water partition coefficient (Wildman–Crippen LogP) is 12.2. The van der Waals surface area contributed by atoms with Crippen molar-refractivity contribution >= 4 is 60.8 Å². The highest BCUT2D eigenvalue weighted by Gasteiger charge is 2.61. The summed E-state index contributed by atoms with van der Waals surface area (Å²) in [6, 6.07) is 49.7. The van der Waals surface area contributed by atoms with Gasteiger partial charge in [0.25, 0.3) is 0 Å². The molecule has 0 atom stereocenters. The van der Waals surface area contributed by atoms with E-state index in [4.69, 9.17) is 4.42 Å². The van der Waals surface area contributed by atoms with Gasteiger partial charge in [-0.15, -0.1) is 0 Å². The summed E-state index contributed by atoms with van der Waals surface area (Å²) in [6.45, 7) is 0. The summed E-state index contributed by atoms with van der Waals surface area (Å²) in [5.74, 6) is 3.32. The molecule has 0 radical (unpaired) electrons. The molecule has 1 spiro atoms. The summed E-state index contributed by atoms with van der Waals surface area (Å²) in [6.07, 6.45) is 7.02. The Labute approximate surface area is 285 Å². The van der Waals surface area contributed by atoms with Crippen molar-refractivity contribution in [2.24, 2.45) is 23.7 Å². The van der Waals surface area contributed by atoms with Crippen molar-refractivity contribution in [1.29, 1.82) is 0 Å². The Balaban J connectivity index is 1.09. The van der Waals surface area contributed by atoms with Crippen LogP contribution in [0.3, 0.4) is 0 Å². The van der Waals surface area contributed by atoms with Crippen LogP contribution >= 0.6 is 0 Å². The largest absolute Gasteiger partial charge is 0.454 e. The summed E-state index contributed by atoms with van der Waals surface area (Å²) in [4.78, 5) is 2.58. The maximum absolute atomic E-state index is 6.57. The second-order valence-corrected chi connectivity index (χ2v) is 15.3. The van der Waals surface area contributed by atoms with Crippen LogP contribution in [0.25, 0.3) is 49.4 Å². The lowest BCUT2D eigenvalue weighted by molar-refractivity contribution is -0.0419. The highest BCUT2D eigenvalue weighted by Crippen LogP contribution is 2.69. The van der Waals surface area contributed by atoms with E-state index in [0.717, 1.165) is 51.3 Å². The molecule has 49 heavy (non-hydrogen) atoms. The molecular formula is C46H36N2O. The van der Waals surface area contributed by atoms with Crippen LogP contribution in [-0.2, 0) is 5.41 Å². The smallest absolute Gasteiger partial charge is 0.159 e. The monoisotopic (exact) mass is 632 g/mol. The molecule has 4 saturated carbocycles. The Bertz CT molecular complexity index is 2580. The normalized spacial score (nSPS) is 23.2. The van der Waals surface area contributed by atoms with Crippen LogP contribution in [0.2, 0.25) is 0 Å². The molecule has 236 valence electrons. The lowest BCUT2D eigenvalue weighted by atomic mass is 9.41. The van der Waals surface area contributed by atoms with E-state index < -0.39 is 0 Å². The number of benzene rings is 6. The molecule has 8 aromatic rings. The van der Waals surface area contributed by atoms with Crippen LogP contribution in [0.15, 0.2) is 138 Å². The SMILES string of the molecule is c1ccc2c(c1)N(c1ccc3c(c1)c1ccccc1n3-c1cccc3c1oc1ccccc13)c1ccccc1C21C2CC3C[C@H](C2)C[C@H]1C3. The first-order chi connectivity index (χ1) is 24.3. The maximum atomic E-state index is 6.57. The van der Waals surface area contributed by atoms with Crippen molar-refractivity contribution in [3.05, 3.63) is 145 Å². The summed E-state index contributed by atoms with van der Waals surface area (Å²) in [5, 5.41) is 4.81. The molecule has 0 N–H and O–H groups in total. The van der Waals surface area contributed by atoms with E-state index in [2.05, 4.69) is 137 Å². The Morgan fingerprint density at radius 2 is 1.08 bits per heavy atom. The third kappa shape index (κ3) is 3.34. The van der Waals surface area contributed by atoms with Crippen LogP contribution in [0.1, 0.15) is 43.2 Å². The number of hydrogen-bond donors (Lipinski definition) is 0. The van der Waals surface area contributed by atoms with Crippen molar-refractivity contribution in [2.45, 2.75) is 37.5 Å². The van der Waals surface area contributed by atoms with Gasteiger partial charge in [0.15, 0.2) is 5.58 Å². The molecule has 0 saturated heterocycles. The Morgan fingerprint density at radius 3 is 1.84 bits per heavy atom. The highest BCUT2D eigenvalue weighted by molar-refractivity contribution is 6.13. The third-order valence-corrected chi connectivity index (χ3v) is 13.1. The lowest BCUT2D eigenvalue weighted by Crippen LogP contribution is -2.57.